The van der Waals surface area contributed by atoms with Gasteiger partial charge >= 0.3 is 0 Å². The third kappa shape index (κ3) is 5.12. The molecule has 1 amide bonds. The van der Waals surface area contributed by atoms with Crippen LogP contribution in [0.25, 0.3) is 11.0 Å². The lowest BCUT2D eigenvalue weighted by Gasteiger charge is -2.11. The van der Waals surface area contributed by atoms with E-state index in [9.17, 15) is 18.0 Å². The molecule has 0 spiro atoms. The summed E-state index contributed by atoms with van der Waals surface area (Å²) in [6.45, 7) is 0. The van der Waals surface area contributed by atoms with Gasteiger partial charge < -0.3 is 4.42 Å². The Balaban J connectivity index is 1.54. The maximum Gasteiger partial charge on any atom is 0.273 e. The maximum atomic E-state index is 12.7. The van der Waals surface area contributed by atoms with E-state index in [1.165, 1.54) is 48.7 Å². The lowest BCUT2D eigenvalue weighted by molar-refractivity contribution is 0.0956. The molecule has 8 nitrogen and oxygen atoms in total. The predicted octanol–water partition coefficient (Wildman–Crippen LogP) is 4.66. The highest BCUT2D eigenvalue weighted by atomic mass is 35.5. The van der Waals surface area contributed by atoms with Crippen LogP contribution in [-0.2, 0) is 10.0 Å². The first-order valence-electron chi connectivity index (χ1n) is 9.66. The second-order valence-corrected chi connectivity index (χ2v) is 9.52. The molecule has 0 aliphatic carbocycles. The summed E-state index contributed by atoms with van der Waals surface area (Å²) in [6, 6.07) is 16.2. The van der Waals surface area contributed by atoms with Crippen LogP contribution in [0.4, 0.5) is 5.69 Å². The minimum Gasteiger partial charge on any atom is -0.463 e. The molecule has 4 rings (SSSR count). The number of rotatable bonds is 6. The number of halogens is 2. The average Bonchev–Trinajstić information content (AvgIpc) is 2.81. The van der Waals surface area contributed by atoms with Gasteiger partial charge in [-0.25, -0.2) is 13.8 Å². The van der Waals surface area contributed by atoms with Crippen LogP contribution < -0.4 is 15.6 Å². The lowest BCUT2D eigenvalue weighted by atomic mass is 10.2. The summed E-state index contributed by atoms with van der Waals surface area (Å²) in [5.41, 5.74) is 2.42. The Morgan fingerprint density at radius 3 is 2.44 bits per heavy atom. The topological polar surface area (TPSA) is 118 Å². The van der Waals surface area contributed by atoms with Crippen LogP contribution in [0.15, 0.2) is 92.2 Å². The van der Waals surface area contributed by atoms with E-state index in [2.05, 4.69) is 15.2 Å². The quantitative estimate of drug-likeness (QED) is 0.286. The number of amides is 1. The first kappa shape index (κ1) is 23.5. The monoisotopic (exact) mass is 515 g/mol. The molecule has 0 aliphatic heterocycles. The van der Waals surface area contributed by atoms with Gasteiger partial charge in [-0.3, -0.25) is 14.3 Å². The van der Waals surface area contributed by atoms with Gasteiger partial charge in [-0.05, 0) is 54.6 Å². The largest absolute Gasteiger partial charge is 0.463 e. The number of sulfonamides is 1. The summed E-state index contributed by atoms with van der Waals surface area (Å²) in [6.07, 6.45) is 2.34. The van der Waals surface area contributed by atoms with Crippen LogP contribution in [0.5, 0.6) is 0 Å². The predicted molar refractivity (Wildman–Crippen MR) is 131 cm³/mol. The van der Waals surface area contributed by atoms with Crippen molar-refractivity contribution in [1.82, 2.24) is 5.43 Å². The molecule has 0 bridgehead atoms. The number of hydrazone groups is 1. The molecular formula is C23H15Cl2N3O5S. The molecule has 0 aliphatic rings. The van der Waals surface area contributed by atoms with Gasteiger partial charge in [0.2, 0.25) is 5.43 Å². The minimum absolute atomic E-state index is 0.0201. The molecule has 4 aromatic rings. The Kier molecular flexibility index (Phi) is 6.69. The molecule has 1 heterocycles. The van der Waals surface area contributed by atoms with Crippen molar-refractivity contribution in [2.24, 2.45) is 5.10 Å². The minimum atomic E-state index is -3.97. The van der Waals surface area contributed by atoms with Gasteiger partial charge in [-0.15, -0.1) is 0 Å². The van der Waals surface area contributed by atoms with E-state index in [0.717, 1.165) is 6.21 Å². The van der Waals surface area contributed by atoms with Gasteiger partial charge in [0.25, 0.3) is 15.9 Å². The van der Waals surface area contributed by atoms with Gasteiger partial charge in [-0.1, -0.05) is 35.3 Å². The zero-order valence-corrected chi connectivity index (χ0v) is 19.5. The summed E-state index contributed by atoms with van der Waals surface area (Å²) in [5, 5.41) is 4.84. The summed E-state index contributed by atoms with van der Waals surface area (Å²) < 4.78 is 33.2. The fourth-order valence-electron chi connectivity index (χ4n) is 3.02. The van der Waals surface area contributed by atoms with E-state index in [1.54, 1.807) is 24.3 Å². The molecule has 2 N–H and O–H groups in total. The Morgan fingerprint density at radius 2 is 1.68 bits per heavy atom. The SMILES string of the molecule is O=C(N/N=C/c1coc2ccc(Cl)cc2c1=O)c1ccccc1NS(=O)(=O)c1ccc(Cl)cc1. The van der Waals surface area contributed by atoms with Gasteiger partial charge in [0, 0.05) is 10.0 Å². The highest BCUT2D eigenvalue weighted by Gasteiger charge is 2.18. The summed E-state index contributed by atoms with van der Waals surface area (Å²) in [5.74, 6) is -0.695. The second kappa shape index (κ2) is 9.68. The zero-order valence-electron chi connectivity index (χ0n) is 17.2. The number of nitrogens with one attached hydrogen (secondary N) is 2. The molecule has 172 valence electrons. The second-order valence-electron chi connectivity index (χ2n) is 6.96. The first-order valence-corrected chi connectivity index (χ1v) is 11.9. The lowest BCUT2D eigenvalue weighted by Crippen LogP contribution is -2.22. The highest BCUT2D eigenvalue weighted by molar-refractivity contribution is 7.92. The Hall–Kier alpha value is -3.66. The molecule has 1 aromatic heterocycles. The summed E-state index contributed by atoms with van der Waals surface area (Å²) >= 11 is 11.8. The third-order valence-electron chi connectivity index (χ3n) is 4.67. The molecule has 0 saturated carbocycles. The van der Waals surface area contributed by atoms with Crippen molar-refractivity contribution in [2.45, 2.75) is 4.90 Å². The fourth-order valence-corrected chi connectivity index (χ4v) is 4.39. The van der Waals surface area contributed by atoms with Crippen LogP contribution in [0.1, 0.15) is 15.9 Å². The molecule has 0 saturated heterocycles. The van der Waals surface area contributed by atoms with Gasteiger partial charge in [-0.2, -0.15) is 5.10 Å². The van der Waals surface area contributed by atoms with Crippen LogP contribution in [0.2, 0.25) is 10.0 Å². The number of anilines is 1. The van der Waals surface area contributed by atoms with Crippen LogP contribution >= 0.6 is 23.2 Å². The smallest absolute Gasteiger partial charge is 0.273 e. The highest BCUT2D eigenvalue weighted by Crippen LogP contribution is 2.21. The molecule has 11 heteroatoms. The number of para-hydroxylation sites is 1. The van der Waals surface area contributed by atoms with E-state index in [4.69, 9.17) is 27.6 Å². The van der Waals surface area contributed by atoms with Crippen molar-refractivity contribution in [1.29, 1.82) is 0 Å². The number of hydrogen-bond donors (Lipinski definition) is 2. The number of nitrogens with zero attached hydrogens (tertiary/aromatic N) is 1. The van der Waals surface area contributed by atoms with E-state index < -0.39 is 15.9 Å². The maximum absolute atomic E-state index is 12.7. The zero-order chi connectivity index (χ0) is 24.3. The van der Waals surface area contributed by atoms with E-state index >= 15 is 0 Å². The van der Waals surface area contributed by atoms with Gasteiger partial charge in [0.15, 0.2) is 0 Å². The number of hydrogen-bond acceptors (Lipinski definition) is 6. The average molecular weight is 516 g/mol. The summed E-state index contributed by atoms with van der Waals surface area (Å²) in [4.78, 5) is 25.2. The molecule has 0 fully saturated rings. The van der Waals surface area contributed by atoms with Crippen LogP contribution in [0, 0.1) is 0 Å². The van der Waals surface area contributed by atoms with Gasteiger partial charge in [0.1, 0.15) is 11.8 Å². The molecule has 34 heavy (non-hydrogen) atoms. The van der Waals surface area contributed by atoms with Crippen molar-refractivity contribution in [3.63, 3.8) is 0 Å². The third-order valence-corrected chi connectivity index (χ3v) is 6.54. The molecule has 3 aromatic carbocycles. The summed E-state index contributed by atoms with van der Waals surface area (Å²) in [7, 11) is -3.97. The number of carbonyl (C=O) groups excluding carboxylic acids is 1. The molecule has 0 atom stereocenters. The first-order chi connectivity index (χ1) is 16.2. The Labute approximate surface area is 203 Å². The number of benzene rings is 3. The number of carbonyl (C=O) groups is 1. The van der Waals surface area contributed by atoms with Crippen molar-refractivity contribution in [3.8, 4) is 0 Å². The van der Waals surface area contributed by atoms with E-state index in [0.29, 0.717) is 15.6 Å². The molecular weight excluding hydrogens is 501 g/mol. The van der Waals surface area contributed by atoms with Crippen LogP contribution in [-0.4, -0.2) is 20.5 Å². The fraction of sp³-hybridized carbons (Fsp3) is 0. The Morgan fingerprint density at radius 1 is 0.971 bits per heavy atom. The van der Waals surface area contributed by atoms with Crippen molar-refractivity contribution < 1.29 is 17.6 Å². The van der Waals surface area contributed by atoms with Crippen molar-refractivity contribution in [3.05, 3.63) is 104 Å². The van der Waals surface area contributed by atoms with E-state index in [-0.39, 0.29) is 32.5 Å². The van der Waals surface area contributed by atoms with Crippen molar-refractivity contribution in [2.75, 3.05) is 4.72 Å². The molecule has 0 radical (unpaired) electrons. The van der Waals surface area contributed by atoms with Gasteiger partial charge in [0.05, 0.1) is 33.3 Å². The van der Waals surface area contributed by atoms with E-state index in [1.807, 2.05) is 0 Å². The standard InChI is InChI=1S/C23H15Cl2N3O5S/c24-15-5-8-17(9-6-15)34(31,32)28-20-4-2-1-3-18(20)23(30)27-26-12-14-13-33-21-10-7-16(25)11-19(21)22(14)29/h1-13,28H,(H,27,30)/b26-12+. The number of fused-ring (bicyclic) bond motifs is 1. The Bertz CT molecular complexity index is 1580. The van der Waals surface area contributed by atoms with Crippen LogP contribution in [0.3, 0.4) is 0 Å². The molecule has 0 unspecified atom stereocenters. The van der Waals surface area contributed by atoms with Crippen molar-refractivity contribution >= 4 is 62.0 Å². The normalized spacial score (nSPS) is 11.6.